The van der Waals surface area contributed by atoms with Crippen LogP contribution in [0.15, 0.2) is 18.2 Å². The monoisotopic (exact) mass is 423 g/mol. The highest BCUT2D eigenvalue weighted by molar-refractivity contribution is 5.75. The summed E-state index contributed by atoms with van der Waals surface area (Å²) in [4.78, 5) is 22.8. The van der Waals surface area contributed by atoms with Crippen LogP contribution in [0.3, 0.4) is 0 Å². The summed E-state index contributed by atoms with van der Waals surface area (Å²) < 4.78 is 5.50. The number of nitrogens with one attached hydrogen (secondary N) is 4. The lowest BCUT2D eigenvalue weighted by molar-refractivity contribution is -0.525. The highest BCUT2D eigenvalue weighted by Crippen LogP contribution is 2.17. The first-order chi connectivity index (χ1) is 14.0. The zero-order valence-electron chi connectivity index (χ0n) is 17.8. The molecule has 168 valence electrons. The van der Waals surface area contributed by atoms with Crippen LogP contribution >= 0.6 is 0 Å². The third-order valence-electron chi connectivity index (χ3n) is 4.11. The van der Waals surface area contributed by atoms with Gasteiger partial charge in [0.2, 0.25) is 0 Å². The van der Waals surface area contributed by atoms with Gasteiger partial charge in [-0.3, -0.25) is 10.2 Å². The molecule has 0 radical (unpaired) electrons. The van der Waals surface area contributed by atoms with Gasteiger partial charge in [0, 0.05) is 24.5 Å². The van der Waals surface area contributed by atoms with Crippen molar-refractivity contribution in [3.05, 3.63) is 33.9 Å². The van der Waals surface area contributed by atoms with Gasteiger partial charge in [-0.1, -0.05) is 11.5 Å². The summed E-state index contributed by atoms with van der Waals surface area (Å²) >= 11 is 0. The minimum absolute atomic E-state index is 0.305. The number of rotatable bonds is 11. The second kappa shape index (κ2) is 11.8. The Hall–Kier alpha value is -3.08. The maximum absolute atomic E-state index is 12.5. The number of nitrogens with zero attached hydrogens (tertiary/aromatic N) is 1. The zero-order valence-corrected chi connectivity index (χ0v) is 17.8. The van der Waals surface area contributed by atoms with E-state index in [0.717, 1.165) is 5.56 Å². The van der Waals surface area contributed by atoms with Crippen LogP contribution in [0.4, 0.5) is 11.4 Å². The molecule has 0 spiro atoms. The quantitative estimate of drug-likeness (QED) is 0.0576. The number of nitro groups is 1. The minimum atomic E-state index is -0.809. The largest absolute Gasteiger partial charge is 0.460 e. The van der Waals surface area contributed by atoms with E-state index < -0.39 is 16.6 Å². The Kier molecular flexibility index (Phi) is 9.82. The topological polar surface area (TPSA) is 181 Å². The molecule has 8 N–H and O–H groups in total. The van der Waals surface area contributed by atoms with Crippen molar-refractivity contribution in [3.8, 4) is 0 Å². The van der Waals surface area contributed by atoms with Crippen LogP contribution in [0.2, 0.25) is 0 Å². The van der Waals surface area contributed by atoms with Crippen LogP contribution in [-0.4, -0.2) is 42.2 Å². The highest BCUT2D eigenvalue weighted by atomic mass is 16.7. The smallest absolute Gasteiger partial charge is 0.310 e. The second-order valence-electron chi connectivity index (χ2n) is 7.96. The van der Waals surface area contributed by atoms with Gasteiger partial charge in [-0.25, -0.2) is 10.1 Å². The Labute approximate surface area is 176 Å². The van der Waals surface area contributed by atoms with Crippen LogP contribution in [0, 0.1) is 21.4 Å². The highest BCUT2D eigenvalue weighted by Gasteiger charge is 2.24. The number of hydrogen-bond acceptors (Lipinski definition) is 8. The Morgan fingerprint density at radius 2 is 2.00 bits per heavy atom. The lowest BCUT2D eigenvalue weighted by atomic mass is 10.0. The number of ether oxygens (including phenoxy) is 1. The summed E-state index contributed by atoms with van der Waals surface area (Å²) in [6.07, 6.45) is 1.74. The summed E-state index contributed by atoms with van der Waals surface area (Å²) in [5.74, 6) is -1.08. The molecule has 1 aromatic carbocycles. The van der Waals surface area contributed by atoms with E-state index in [2.05, 4.69) is 10.6 Å². The Morgan fingerprint density at radius 3 is 2.60 bits per heavy atom. The summed E-state index contributed by atoms with van der Waals surface area (Å²) in [6, 6.07) is 5.40. The summed E-state index contributed by atoms with van der Waals surface area (Å²) in [5.41, 5.74) is 15.0. The van der Waals surface area contributed by atoms with Crippen LogP contribution in [0.1, 0.15) is 39.2 Å². The number of guanidine groups is 1. The molecule has 0 amide bonds. The lowest BCUT2D eigenvalue weighted by Crippen LogP contribution is -2.40. The molecule has 1 rings (SSSR count). The standard InChI is InChI=1S/C19H33N7O4/c1-19(2,3)30-17(27)14(5-4-9-24-18(22)25-26(28)29)12-23-10-8-13-6-7-15(20)11-16(13)21/h6-7,11,14,23H,4-5,8-10,12,20-21H2,1-3H3,(H3,22,24,25)/t14-/m0/s1. The molecule has 1 aromatic rings. The molecule has 30 heavy (non-hydrogen) atoms. The van der Waals surface area contributed by atoms with Gasteiger partial charge in [0.05, 0.1) is 5.92 Å². The Balaban J connectivity index is 2.51. The molecular formula is C19H33N7O4. The van der Waals surface area contributed by atoms with Gasteiger partial charge in [0.15, 0.2) is 5.03 Å². The van der Waals surface area contributed by atoms with Gasteiger partial charge >= 0.3 is 5.97 Å². The van der Waals surface area contributed by atoms with Gasteiger partial charge in [-0.05, 0) is 64.3 Å². The summed E-state index contributed by atoms with van der Waals surface area (Å²) in [7, 11) is 0. The van der Waals surface area contributed by atoms with Gasteiger partial charge < -0.3 is 26.8 Å². The number of anilines is 2. The van der Waals surface area contributed by atoms with Crippen molar-refractivity contribution in [1.82, 2.24) is 16.1 Å². The third-order valence-corrected chi connectivity index (χ3v) is 4.11. The van der Waals surface area contributed by atoms with Gasteiger partial charge in [0.25, 0.3) is 5.96 Å². The first kappa shape index (κ1) is 25.0. The van der Waals surface area contributed by atoms with E-state index in [1.54, 1.807) is 17.6 Å². The fourth-order valence-corrected chi connectivity index (χ4v) is 2.72. The van der Waals surface area contributed by atoms with Gasteiger partial charge in [-0.2, -0.15) is 0 Å². The Morgan fingerprint density at radius 1 is 1.30 bits per heavy atom. The molecular weight excluding hydrogens is 390 g/mol. The number of benzene rings is 1. The van der Waals surface area contributed by atoms with Crippen molar-refractivity contribution in [2.75, 3.05) is 31.1 Å². The van der Waals surface area contributed by atoms with Crippen molar-refractivity contribution in [1.29, 1.82) is 5.41 Å². The van der Waals surface area contributed by atoms with Gasteiger partial charge in [0.1, 0.15) is 5.60 Å². The average molecular weight is 424 g/mol. The number of hydrazine groups is 1. The van der Waals surface area contributed by atoms with E-state index in [0.29, 0.717) is 50.3 Å². The van der Waals surface area contributed by atoms with E-state index in [1.807, 2.05) is 26.8 Å². The number of esters is 1. The molecule has 0 aromatic heterocycles. The van der Waals surface area contributed by atoms with E-state index >= 15 is 0 Å². The molecule has 11 nitrogen and oxygen atoms in total. The number of nitrogen functional groups attached to an aromatic ring is 2. The molecule has 0 aliphatic heterocycles. The fourth-order valence-electron chi connectivity index (χ4n) is 2.72. The van der Waals surface area contributed by atoms with E-state index in [-0.39, 0.29) is 11.9 Å². The second-order valence-corrected chi connectivity index (χ2v) is 7.96. The molecule has 0 saturated heterocycles. The molecule has 0 bridgehead atoms. The fraction of sp³-hybridized carbons (Fsp3) is 0.579. The maximum atomic E-state index is 12.5. The molecule has 0 aliphatic carbocycles. The van der Waals surface area contributed by atoms with Crippen molar-refractivity contribution in [2.45, 2.75) is 45.6 Å². The van der Waals surface area contributed by atoms with Gasteiger partial charge in [-0.15, -0.1) is 0 Å². The average Bonchev–Trinajstić information content (AvgIpc) is 2.59. The van der Waals surface area contributed by atoms with Crippen LogP contribution in [0.5, 0.6) is 0 Å². The molecule has 0 fully saturated rings. The lowest BCUT2D eigenvalue weighted by Gasteiger charge is -2.24. The summed E-state index contributed by atoms with van der Waals surface area (Å²) in [6.45, 7) is 6.81. The third kappa shape index (κ3) is 10.5. The van der Waals surface area contributed by atoms with Crippen molar-refractivity contribution in [2.24, 2.45) is 5.92 Å². The first-order valence-electron chi connectivity index (χ1n) is 9.79. The van der Waals surface area contributed by atoms with Crippen molar-refractivity contribution >= 4 is 23.3 Å². The van der Waals surface area contributed by atoms with E-state index in [4.69, 9.17) is 21.6 Å². The maximum Gasteiger partial charge on any atom is 0.310 e. The molecule has 11 heteroatoms. The zero-order chi connectivity index (χ0) is 22.7. The SMILES string of the molecule is CC(C)(C)OC(=O)[C@@H](CCCNC(=N)N[N+](=O)[O-])CNCCc1ccc(N)cc1N. The van der Waals surface area contributed by atoms with Crippen molar-refractivity contribution < 1.29 is 14.6 Å². The minimum Gasteiger partial charge on any atom is -0.460 e. The molecule has 0 unspecified atom stereocenters. The van der Waals surface area contributed by atoms with E-state index in [9.17, 15) is 14.9 Å². The van der Waals surface area contributed by atoms with Crippen LogP contribution < -0.4 is 27.5 Å². The first-order valence-corrected chi connectivity index (χ1v) is 9.79. The summed E-state index contributed by atoms with van der Waals surface area (Å²) in [5, 5.41) is 22.7. The molecule has 0 saturated carbocycles. The Bertz CT molecular complexity index is 734. The number of hydrogen-bond donors (Lipinski definition) is 6. The van der Waals surface area contributed by atoms with E-state index in [1.165, 1.54) is 0 Å². The van der Waals surface area contributed by atoms with Crippen molar-refractivity contribution in [3.63, 3.8) is 0 Å². The molecule has 0 heterocycles. The number of carbonyl (C=O) groups is 1. The normalized spacial score (nSPS) is 12.1. The number of carbonyl (C=O) groups excluding carboxylic acids is 1. The predicted molar refractivity (Wildman–Crippen MR) is 116 cm³/mol. The van der Waals surface area contributed by atoms with Crippen LogP contribution in [-0.2, 0) is 16.0 Å². The number of nitrogens with two attached hydrogens (primary N) is 2. The molecule has 1 atom stereocenters. The predicted octanol–water partition coefficient (Wildman–Crippen LogP) is 1.03. The van der Waals surface area contributed by atoms with Crippen LogP contribution in [0.25, 0.3) is 0 Å². The molecule has 0 aliphatic rings.